The van der Waals surface area contributed by atoms with E-state index in [0.29, 0.717) is 19.4 Å². The number of carbonyl (C=O) groups excluding carboxylic acids is 3. The molecule has 0 saturated carbocycles. The average Bonchev–Trinajstić information content (AvgIpc) is 2.55. The highest BCUT2D eigenvalue weighted by Gasteiger charge is 2.33. The average molecular weight is 362 g/mol. The maximum Gasteiger partial charge on any atom is 0.429 e. The lowest BCUT2D eigenvalue weighted by molar-refractivity contribution is -0.155. The standard InChI is InChI=1S/C19H26N2O5/c1-19(2,3)26-18(24)20-10-6-9-16(22)21(20)13-15-8-5-7-14(11-15)12-17(23)25-4/h5,7-8,11H,6,9-10,12-13H2,1-4H3. The van der Waals surface area contributed by atoms with Crippen molar-refractivity contribution < 1.29 is 23.9 Å². The Balaban J connectivity index is 2.15. The normalized spacial score (nSPS) is 15.0. The predicted molar refractivity (Wildman–Crippen MR) is 94.9 cm³/mol. The molecule has 0 spiro atoms. The topological polar surface area (TPSA) is 76.2 Å². The third-order valence-electron chi connectivity index (χ3n) is 3.84. The highest BCUT2D eigenvalue weighted by Crippen LogP contribution is 2.20. The number of amides is 2. The number of hydrogen-bond acceptors (Lipinski definition) is 5. The molecule has 0 atom stereocenters. The van der Waals surface area contributed by atoms with E-state index < -0.39 is 11.7 Å². The van der Waals surface area contributed by atoms with Crippen LogP contribution >= 0.6 is 0 Å². The van der Waals surface area contributed by atoms with Crippen LogP contribution < -0.4 is 0 Å². The second kappa shape index (κ2) is 8.21. The Morgan fingerprint density at radius 2 is 1.88 bits per heavy atom. The first kappa shape index (κ1) is 19.8. The fourth-order valence-electron chi connectivity index (χ4n) is 2.69. The van der Waals surface area contributed by atoms with Crippen LogP contribution in [0.15, 0.2) is 24.3 Å². The minimum absolute atomic E-state index is 0.125. The molecule has 142 valence electrons. The van der Waals surface area contributed by atoms with Gasteiger partial charge in [-0.3, -0.25) is 9.59 Å². The van der Waals surface area contributed by atoms with Crippen molar-refractivity contribution in [3.8, 4) is 0 Å². The maximum absolute atomic E-state index is 12.5. The molecule has 1 aromatic carbocycles. The van der Waals surface area contributed by atoms with Crippen LogP contribution in [0.1, 0.15) is 44.7 Å². The van der Waals surface area contributed by atoms with Crippen LogP contribution in [0.3, 0.4) is 0 Å². The van der Waals surface area contributed by atoms with Gasteiger partial charge in [0.2, 0.25) is 5.91 Å². The molecule has 0 aliphatic carbocycles. The minimum Gasteiger partial charge on any atom is -0.469 e. The summed E-state index contributed by atoms with van der Waals surface area (Å²) < 4.78 is 10.1. The predicted octanol–water partition coefficient (Wildman–Crippen LogP) is 2.68. The molecule has 1 fully saturated rings. The third kappa shape index (κ3) is 5.47. The second-order valence-electron chi connectivity index (χ2n) is 7.23. The van der Waals surface area contributed by atoms with Gasteiger partial charge in [-0.1, -0.05) is 24.3 Å². The Hall–Kier alpha value is -2.57. The van der Waals surface area contributed by atoms with E-state index in [0.717, 1.165) is 11.1 Å². The molecule has 26 heavy (non-hydrogen) atoms. The molecule has 0 radical (unpaired) electrons. The summed E-state index contributed by atoms with van der Waals surface area (Å²) in [4.78, 5) is 36.3. The zero-order chi connectivity index (χ0) is 19.3. The maximum atomic E-state index is 12.5. The monoisotopic (exact) mass is 362 g/mol. The van der Waals surface area contributed by atoms with Crippen molar-refractivity contribution in [3.05, 3.63) is 35.4 Å². The molecular weight excluding hydrogens is 336 g/mol. The smallest absolute Gasteiger partial charge is 0.429 e. The number of hydrazine groups is 1. The summed E-state index contributed by atoms with van der Waals surface area (Å²) in [5, 5.41) is 2.79. The summed E-state index contributed by atoms with van der Waals surface area (Å²) >= 11 is 0. The molecule has 0 bridgehead atoms. The summed E-state index contributed by atoms with van der Waals surface area (Å²) in [6.45, 7) is 6.04. The molecule has 1 aliphatic heterocycles. The van der Waals surface area contributed by atoms with Gasteiger partial charge in [-0.2, -0.15) is 0 Å². The highest BCUT2D eigenvalue weighted by molar-refractivity contribution is 5.80. The van der Waals surface area contributed by atoms with Gasteiger partial charge in [-0.25, -0.2) is 14.8 Å². The van der Waals surface area contributed by atoms with Gasteiger partial charge in [0, 0.05) is 13.0 Å². The number of methoxy groups -OCH3 is 1. The second-order valence-corrected chi connectivity index (χ2v) is 7.23. The number of esters is 1. The number of rotatable bonds is 4. The molecule has 0 N–H and O–H groups in total. The SMILES string of the molecule is COC(=O)Cc1cccc(CN2C(=O)CCCN2C(=O)OC(C)(C)C)c1. The Labute approximate surface area is 153 Å². The molecule has 0 unspecified atom stereocenters. The summed E-state index contributed by atoms with van der Waals surface area (Å²) in [6.07, 6.45) is 0.628. The van der Waals surface area contributed by atoms with E-state index in [1.165, 1.54) is 17.1 Å². The van der Waals surface area contributed by atoms with Crippen molar-refractivity contribution >= 4 is 18.0 Å². The van der Waals surface area contributed by atoms with Crippen LogP contribution in [0, 0.1) is 0 Å². The molecule has 7 nitrogen and oxygen atoms in total. The quantitative estimate of drug-likeness (QED) is 0.770. The Kier molecular flexibility index (Phi) is 6.23. The fourth-order valence-corrected chi connectivity index (χ4v) is 2.69. The van der Waals surface area contributed by atoms with Crippen molar-refractivity contribution in [3.63, 3.8) is 0 Å². The molecule has 0 aromatic heterocycles. The van der Waals surface area contributed by atoms with Crippen LogP contribution in [0.4, 0.5) is 4.79 Å². The van der Waals surface area contributed by atoms with Crippen LogP contribution in [-0.4, -0.2) is 47.2 Å². The van der Waals surface area contributed by atoms with Crippen molar-refractivity contribution in [2.75, 3.05) is 13.7 Å². The van der Waals surface area contributed by atoms with Gasteiger partial charge in [-0.05, 0) is 38.3 Å². The molecule has 2 amide bonds. The Morgan fingerprint density at radius 3 is 2.54 bits per heavy atom. The molecule has 2 rings (SSSR count). The Morgan fingerprint density at radius 1 is 1.19 bits per heavy atom. The van der Waals surface area contributed by atoms with Crippen LogP contribution in [0.2, 0.25) is 0 Å². The number of hydrogen-bond donors (Lipinski definition) is 0. The van der Waals surface area contributed by atoms with E-state index >= 15 is 0 Å². The van der Waals surface area contributed by atoms with Gasteiger partial charge < -0.3 is 9.47 Å². The first-order valence-electron chi connectivity index (χ1n) is 8.65. The minimum atomic E-state index is -0.635. The lowest BCUT2D eigenvalue weighted by Gasteiger charge is -2.39. The fraction of sp³-hybridized carbons (Fsp3) is 0.526. The van der Waals surface area contributed by atoms with Crippen LogP contribution in [-0.2, 0) is 32.0 Å². The summed E-state index contributed by atoms with van der Waals surface area (Å²) in [5.74, 6) is -0.452. The van der Waals surface area contributed by atoms with E-state index in [1.807, 2.05) is 24.3 Å². The number of nitrogens with zero attached hydrogens (tertiary/aromatic N) is 2. The number of benzene rings is 1. The van der Waals surface area contributed by atoms with Crippen molar-refractivity contribution in [2.45, 2.75) is 52.2 Å². The molecule has 1 aliphatic rings. The molecule has 1 heterocycles. The van der Waals surface area contributed by atoms with Gasteiger partial charge in [0.15, 0.2) is 0 Å². The van der Waals surface area contributed by atoms with E-state index in [9.17, 15) is 14.4 Å². The van der Waals surface area contributed by atoms with Crippen LogP contribution in [0.25, 0.3) is 0 Å². The zero-order valence-electron chi connectivity index (χ0n) is 15.8. The number of ether oxygens (including phenoxy) is 2. The molecular formula is C19H26N2O5. The summed E-state index contributed by atoms with van der Waals surface area (Å²) in [7, 11) is 1.34. The zero-order valence-corrected chi connectivity index (χ0v) is 15.8. The summed E-state index contributed by atoms with van der Waals surface area (Å²) in [5.41, 5.74) is 0.988. The molecule has 1 saturated heterocycles. The third-order valence-corrected chi connectivity index (χ3v) is 3.84. The largest absolute Gasteiger partial charge is 0.469 e. The van der Waals surface area contributed by atoms with Gasteiger partial charge in [-0.15, -0.1) is 0 Å². The van der Waals surface area contributed by atoms with Crippen LogP contribution in [0.5, 0.6) is 0 Å². The van der Waals surface area contributed by atoms with Gasteiger partial charge in [0.1, 0.15) is 5.60 Å². The highest BCUT2D eigenvalue weighted by atomic mass is 16.6. The van der Waals surface area contributed by atoms with E-state index in [1.54, 1.807) is 20.8 Å². The number of carbonyl (C=O) groups is 3. The molecule has 1 aromatic rings. The first-order chi connectivity index (χ1) is 12.2. The Bertz CT molecular complexity index is 681. The van der Waals surface area contributed by atoms with Crippen molar-refractivity contribution in [1.82, 2.24) is 10.0 Å². The van der Waals surface area contributed by atoms with E-state index in [-0.39, 0.29) is 24.8 Å². The van der Waals surface area contributed by atoms with Crippen molar-refractivity contribution in [2.24, 2.45) is 0 Å². The summed E-state index contributed by atoms with van der Waals surface area (Å²) in [6, 6.07) is 7.34. The van der Waals surface area contributed by atoms with Gasteiger partial charge >= 0.3 is 12.1 Å². The van der Waals surface area contributed by atoms with Crippen molar-refractivity contribution in [1.29, 1.82) is 0 Å². The van der Waals surface area contributed by atoms with E-state index in [4.69, 9.17) is 4.74 Å². The van der Waals surface area contributed by atoms with E-state index in [2.05, 4.69) is 4.74 Å². The first-order valence-corrected chi connectivity index (χ1v) is 8.65. The van der Waals surface area contributed by atoms with Gasteiger partial charge in [0.05, 0.1) is 20.1 Å². The van der Waals surface area contributed by atoms with Gasteiger partial charge in [0.25, 0.3) is 0 Å². The molecule has 7 heteroatoms. The lowest BCUT2D eigenvalue weighted by atomic mass is 10.1. The lowest BCUT2D eigenvalue weighted by Crippen LogP contribution is -2.53.